The maximum absolute atomic E-state index is 4.60. The molecule has 0 aliphatic carbocycles. The van der Waals surface area contributed by atoms with E-state index in [2.05, 4.69) is 61.9 Å². The molecule has 0 saturated carbocycles. The third-order valence-electron chi connectivity index (χ3n) is 5.83. The van der Waals surface area contributed by atoms with Gasteiger partial charge in [0, 0.05) is 22.9 Å². The maximum Gasteiger partial charge on any atom is 0.421 e. The molecular weight excluding hydrogens is 334 g/mol. The molecule has 2 aromatic rings. The second-order valence-electron chi connectivity index (χ2n) is 8.64. The van der Waals surface area contributed by atoms with Crippen LogP contribution in [0.1, 0.15) is 64.0 Å². The second-order valence-corrected chi connectivity index (χ2v) is 8.64. The molecule has 0 bridgehead atoms. The van der Waals surface area contributed by atoms with Crippen LogP contribution in [-0.2, 0) is 14.1 Å². The van der Waals surface area contributed by atoms with Crippen molar-refractivity contribution >= 4 is 17.3 Å². The van der Waals surface area contributed by atoms with Crippen molar-refractivity contribution in [2.24, 2.45) is 24.3 Å². The summed E-state index contributed by atoms with van der Waals surface area (Å²) in [5.41, 5.74) is 5.13. The molecule has 1 aromatic carbocycles. The van der Waals surface area contributed by atoms with Crippen LogP contribution >= 0.6 is 0 Å². The second kappa shape index (κ2) is 7.45. The predicted octanol–water partition coefficient (Wildman–Crippen LogP) is 5.47. The Balaban J connectivity index is 2.00. The van der Waals surface area contributed by atoms with Gasteiger partial charge in [0.05, 0.1) is 26.5 Å². The highest BCUT2D eigenvalue weighted by Gasteiger charge is 2.36. The number of hydrogen-bond donors (Lipinski definition) is 0. The average Bonchev–Trinajstić information content (AvgIpc) is 2.91. The molecular formula is C22H34N5+. The van der Waals surface area contributed by atoms with Gasteiger partial charge in [-0.15, -0.1) is 0 Å². The number of aromatic nitrogens is 2. The van der Waals surface area contributed by atoms with Crippen LogP contribution in [0, 0.1) is 6.92 Å². The van der Waals surface area contributed by atoms with E-state index in [1.165, 1.54) is 29.7 Å². The molecule has 1 aliphatic rings. The van der Waals surface area contributed by atoms with Crippen molar-refractivity contribution in [3.05, 3.63) is 35.7 Å². The number of azo groups is 1. The number of rotatable bonds is 5. The van der Waals surface area contributed by atoms with E-state index in [9.17, 15) is 0 Å². The van der Waals surface area contributed by atoms with E-state index in [1.807, 2.05) is 35.6 Å². The normalized spacial score (nSPS) is 18.9. The van der Waals surface area contributed by atoms with Gasteiger partial charge in [0.1, 0.15) is 5.69 Å². The Morgan fingerprint density at radius 2 is 2.00 bits per heavy atom. The summed E-state index contributed by atoms with van der Waals surface area (Å²) >= 11 is 0. The van der Waals surface area contributed by atoms with Crippen molar-refractivity contribution < 1.29 is 4.57 Å². The summed E-state index contributed by atoms with van der Waals surface area (Å²) in [6, 6.07) is 4.58. The van der Waals surface area contributed by atoms with Gasteiger partial charge in [-0.3, -0.25) is 0 Å². The highest BCUT2D eigenvalue weighted by Crippen LogP contribution is 2.45. The first kappa shape index (κ1) is 19.6. The van der Waals surface area contributed by atoms with Crippen molar-refractivity contribution in [1.82, 2.24) is 4.57 Å². The minimum absolute atomic E-state index is 0.188. The number of fused-ring (bicyclic) bond motifs is 1. The Labute approximate surface area is 163 Å². The number of anilines is 1. The highest BCUT2D eigenvalue weighted by atomic mass is 15.3. The van der Waals surface area contributed by atoms with Crippen LogP contribution in [0.3, 0.4) is 0 Å². The lowest BCUT2D eigenvalue weighted by Crippen LogP contribution is -2.48. The minimum atomic E-state index is 0.188. The van der Waals surface area contributed by atoms with E-state index in [0.29, 0.717) is 5.92 Å². The average molecular weight is 369 g/mol. The van der Waals surface area contributed by atoms with Crippen LogP contribution in [0.15, 0.2) is 34.8 Å². The first-order chi connectivity index (χ1) is 12.7. The summed E-state index contributed by atoms with van der Waals surface area (Å²) in [6.07, 6.45) is 7.59. The smallest absolute Gasteiger partial charge is 0.366 e. The molecule has 0 spiro atoms. The third-order valence-corrected chi connectivity index (χ3v) is 5.83. The summed E-state index contributed by atoms with van der Waals surface area (Å²) < 4.78 is 3.96. The van der Waals surface area contributed by atoms with Crippen molar-refractivity contribution in [3.8, 4) is 0 Å². The maximum atomic E-state index is 4.60. The van der Waals surface area contributed by atoms with Crippen LogP contribution in [0.5, 0.6) is 0 Å². The lowest BCUT2D eigenvalue weighted by Gasteiger charge is -2.48. The Hall–Kier alpha value is -2.17. The summed E-state index contributed by atoms with van der Waals surface area (Å²) in [7, 11) is 3.98. The number of hydrogen-bond acceptors (Lipinski definition) is 3. The molecule has 5 nitrogen and oxygen atoms in total. The first-order valence-corrected chi connectivity index (χ1v) is 10.1. The molecule has 1 aromatic heterocycles. The predicted molar refractivity (Wildman–Crippen MR) is 111 cm³/mol. The molecule has 2 heterocycles. The molecule has 1 aliphatic heterocycles. The molecule has 0 N–H and O–H groups in total. The van der Waals surface area contributed by atoms with Crippen LogP contribution in [0.25, 0.3) is 0 Å². The SMILES string of the molecule is CCCCN1c2cc(C)c(N=Nc3n(C)cc[n+]3C)cc2C(C)CC1(C)C. The molecule has 0 radical (unpaired) electrons. The van der Waals surface area contributed by atoms with Crippen molar-refractivity contribution in [3.63, 3.8) is 0 Å². The van der Waals surface area contributed by atoms with Gasteiger partial charge < -0.3 is 4.90 Å². The summed E-state index contributed by atoms with van der Waals surface area (Å²) in [4.78, 5) is 2.61. The summed E-state index contributed by atoms with van der Waals surface area (Å²) in [5.74, 6) is 1.36. The molecule has 3 rings (SSSR count). The topological polar surface area (TPSA) is 36.8 Å². The summed E-state index contributed by atoms with van der Waals surface area (Å²) in [5, 5.41) is 9.11. The molecule has 0 amide bonds. The fourth-order valence-corrected chi connectivity index (χ4v) is 4.29. The number of unbranched alkanes of at least 4 members (excludes halogenated alkanes) is 1. The molecule has 1 atom stereocenters. The van der Waals surface area contributed by atoms with E-state index in [-0.39, 0.29) is 5.54 Å². The van der Waals surface area contributed by atoms with Gasteiger partial charge in [0.2, 0.25) is 0 Å². The fraction of sp³-hybridized carbons (Fsp3) is 0.591. The molecule has 1 unspecified atom stereocenters. The first-order valence-electron chi connectivity index (χ1n) is 10.1. The van der Waals surface area contributed by atoms with Crippen LogP contribution in [-0.4, -0.2) is 16.7 Å². The molecule has 146 valence electrons. The Bertz CT molecular complexity index is 827. The van der Waals surface area contributed by atoms with Gasteiger partial charge in [-0.2, -0.15) is 0 Å². The molecule has 27 heavy (non-hydrogen) atoms. The largest absolute Gasteiger partial charge is 0.421 e. The highest BCUT2D eigenvalue weighted by molar-refractivity contribution is 5.66. The van der Waals surface area contributed by atoms with E-state index < -0.39 is 0 Å². The van der Waals surface area contributed by atoms with Gasteiger partial charge in [-0.05, 0) is 62.8 Å². The third kappa shape index (κ3) is 3.78. The van der Waals surface area contributed by atoms with Gasteiger partial charge >= 0.3 is 5.95 Å². The van der Waals surface area contributed by atoms with E-state index in [1.54, 1.807) is 0 Å². The monoisotopic (exact) mass is 368 g/mol. The molecule has 0 saturated heterocycles. The number of benzene rings is 1. The molecule has 0 fully saturated rings. The van der Waals surface area contributed by atoms with Gasteiger partial charge in [-0.25, -0.2) is 9.13 Å². The van der Waals surface area contributed by atoms with E-state index >= 15 is 0 Å². The minimum Gasteiger partial charge on any atom is -0.366 e. The van der Waals surface area contributed by atoms with Crippen molar-refractivity contribution in [2.75, 3.05) is 11.4 Å². The molecule has 5 heteroatoms. The van der Waals surface area contributed by atoms with Crippen molar-refractivity contribution in [2.45, 2.75) is 65.3 Å². The zero-order chi connectivity index (χ0) is 19.8. The standard InChI is InChI=1S/C22H34N5/c1-8-9-10-27-20-13-16(2)19(14-18(20)17(3)15-22(27,4)5)23-24-21-25(6)11-12-26(21)7/h11-14,17H,8-10,15H2,1-7H3/q+1. The van der Waals surface area contributed by atoms with E-state index in [0.717, 1.165) is 24.6 Å². The fourth-order valence-electron chi connectivity index (χ4n) is 4.29. The van der Waals surface area contributed by atoms with Gasteiger partial charge in [0.15, 0.2) is 0 Å². The van der Waals surface area contributed by atoms with Crippen LogP contribution in [0.4, 0.5) is 17.3 Å². The lowest BCUT2D eigenvalue weighted by atomic mass is 9.79. The zero-order valence-electron chi connectivity index (χ0n) is 18.0. The van der Waals surface area contributed by atoms with Crippen LogP contribution in [0.2, 0.25) is 0 Å². The van der Waals surface area contributed by atoms with Crippen LogP contribution < -0.4 is 9.47 Å². The van der Waals surface area contributed by atoms with Gasteiger partial charge in [-0.1, -0.05) is 25.4 Å². The number of aryl methyl sites for hydroxylation is 3. The number of nitrogens with zero attached hydrogens (tertiary/aromatic N) is 5. The Morgan fingerprint density at radius 1 is 1.26 bits per heavy atom. The van der Waals surface area contributed by atoms with Crippen molar-refractivity contribution in [1.29, 1.82) is 0 Å². The zero-order valence-corrected chi connectivity index (χ0v) is 18.0. The Kier molecular flexibility index (Phi) is 5.41. The quantitative estimate of drug-likeness (QED) is 0.509. The lowest BCUT2D eigenvalue weighted by molar-refractivity contribution is -0.657. The Morgan fingerprint density at radius 3 is 2.63 bits per heavy atom. The summed E-state index contributed by atoms with van der Waals surface area (Å²) in [6.45, 7) is 12.6. The number of imidazole rings is 1. The van der Waals surface area contributed by atoms with Gasteiger partial charge in [0.25, 0.3) is 0 Å². The van der Waals surface area contributed by atoms with E-state index in [4.69, 9.17) is 0 Å².